The van der Waals surface area contributed by atoms with Crippen LogP contribution < -0.4 is 10.6 Å². The molecule has 2 atom stereocenters. The van der Waals surface area contributed by atoms with E-state index in [1.54, 1.807) is 13.8 Å². The zero-order valence-corrected chi connectivity index (χ0v) is 9.82. The van der Waals surface area contributed by atoms with E-state index in [-0.39, 0.29) is 17.7 Å². The molecule has 3 N–H and O–H groups in total. The summed E-state index contributed by atoms with van der Waals surface area (Å²) in [5, 5.41) is 14.7. The van der Waals surface area contributed by atoms with E-state index in [0.717, 1.165) is 19.4 Å². The summed E-state index contributed by atoms with van der Waals surface area (Å²) in [7, 11) is 0. The lowest BCUT2D eigenvalue weighted by Gasteiger charge is -2.25. The Balaban J connectivity index is 2.50. The monoisotopic (exact) mass is 228 g/mol. The summed E-state index contributed by atoms with van der Waals surface area (Å²) in [5.74, 6) is -1.30. The Hall–Kier alpha value is -1.10. The Morgan fingerprint density at radius 1 is 1.44 bits per heavy atom. The van der Waals surface area contributed by atoms with Crippen LogP contribution in [0.5, 0.6) is 0 Å². The van der Waals surface area contributed by atoms with Crippen LogP contribution in [-0.4, -0.2) is 36.1 Å². The number of amides is 1. The van der Waals surface area contributed by atoms with Crippen LogP contribution in [-0.2, 0) is 9.59 Å². The van der Waals surface area contributed by atoms with Crippen molar-refractivity contribution in [1.82, 2.24) is 10.6 Å². The van der Waals surface area contributed by atoms with Crippen LogP contribution in [0.25, 0.3) is 0 Å². The first-order chi connectivity index (χ1) is 7.52. The molecule has 5 heteroatoms. The smallest absolute Gasteiger partial charge is 0.326 e. The predicted octanol–water partition coefficient (Wildman–Crippen LogP) is 0.211. The van der Waals surface area contributed by atoms with Gasteiger partial charge in [0.25, 0.3) is 0 Å². The van der Waals surface area contributed by atoms with Gasteiger partial charge in [0.1, 0.15) is 6.04 Å². The number of piperidine rings is 1. The fourth-order valence-electron chi connectivity index (χ4n) is 1.86. The van der Waals surface area contributed by atoms with Crippen molar-refractivity contribution in [3.8, 4) is 0 Å². The Morgan fingerprint density at radius 2 is 2.12 bits per heavy atom. The van der Waals surface area contributed by atoms with Crippen LogP contribution >= 0.6 is 0 Å². The van der Waals surface area contributed by atoms with E-state index in [1.165, 1.54) is 0 Å². The second-order valence-electron chi connectivity index (χ2n) is 4.61. The van der Waals surface area contributed by atoms with Gasteiger partial charge in [-0.1, -0.05) is 13.8 Å². The number of carboxylic acid groups (broad SMARTS) is 1. The third-order valence-electron chi connectivity index (χ3n) is 2.90. The van der Waals surface area contributed by atoms with Crippen LogP contribution in [0.1, 0.15) is 26.7 Å². The standard InChI is InChI=1S/C11H20N2O3/c1-7(2)9(11(15)16)13-10(14)8-4-3-5-12-6-8/h7-9,12H,3-6H2,1-2H3,(H,13,14)(H,15,16)/t8-,9+/m1/s1. The molecule has 0 bridgehead atoms. The van der Waals surface area contributed by atoms with Gasteiger partial charge in [0.15, 0.2) is 0 Å². The zero-order valence-electron chi connectivity index (χ0n) is 9.82. The SMILES string of the molecule is CC(C)[C@H](NC(=O)[C@@H]1CCCNC1)C(=O)O. The minimum Gasteiger partial charge on any atom is -0.480 e. The Bertz CT molecular complexity index is 260. The molecule has 1 fully saturated rings. The first kappa shape index (κ1) is 13.0. The van der Waals surface area contributed by atoms with E-state index < -0.39 is 12.0 Å². The first-order valence-corrected chi connectivity index (χ1v) is 5.76. The molecule has 0 aromatic rings. The van der Waals surface area contributed by atoms with Crippen molar-refractivity contribution in [1.29, 1.82) is 0 Å². The number of rotatable bonds is 4. The summed E-state index contributed by atoms with van der Waals surface area (Å²) in [6.07, 6.45) is 1.81. The highest BCUT2D eigenvalue weighted by Gasteiger charge is 2.28. The molecule has 0 aliphatic carbocycles. The van der Waals surface area contributed by atoms with Gasteiger partial charge in [-0.15, -0.1) is 0 Å². The molecule has 1 aliphatic rings. The molecule has 1 heterocycles. The van der Waals surface area contributed by atoms with Crippen molar-refractivity contribution in [3.63, 3.8) is 0 Å². The number of aliphatic carboxylic acids is 1. The molecule has 1 aliphatic heterocycles. The van der Waals surface area contributed by atoms with Gasteiger partial charge in [0, 0.05) is 6.54 Å². The Labute approximate surface area is 95.6 Å². The normalized spacial score (nSPS) is 22.8. The molecule has 0 radical (unpaired) electrons. The second-order valence-corrected chi connectivity index (χ2v) is 4.61. The van der Waals surface area contributed by atoms with Gasteiger partial charge >= 0.3 is 5.97 Å². The second kappa shape index (κ2) is 5.84. The third-order valence-corrected chi connectivity index (χ3v) is 2.90. The molecule has 0 unspecified atom stereocenters. The van der Waals surface area contributed by atoms with Gasteiger partial charge < -0.3 is 15.7 Å². The number of carboxylic acids is 1. The van der Waals surface area contributed by atoms with Crippen molar-refractivity contribution in [2.45, 2.75) is 32.7 Å². The van der Waals surface area contributed by atoms with Gasteiger partial charge in [-0.2, -0.15) is 0 Å². The molecule has 0 aromatic carbocycles. The van der Waals surface area contributed by atoms with E-state index in [0.29, 0.717) is 6.54 Å². The molecule has 1 saturated heterocycles. The van der Waals surface area contributed by atoms with Crippen LogP contribution in [0.15, 0.2) is 0 Å². The maximum absolute atomic E-state index is 11.8. The van der Waals surface area contributed by atoms with E-state index in [9.17, 15) is 9.59 Å². The molecule has 0 aromatic heterocycles. The van der Waals surface area contributed by atoms with Crippen molar-refractivity contribution < 1.29 is 14.7 Å². The number of carbonyl (C=O) groups is 2. The fourth-order valence-corrected chi connectivity index (χ4v) is 1.86. The average Bonchev–Trinajstić information content (AvgIpc) is 2.25. The highest BCUT2D eigenvalue weighted by molar-refractivity contribution is 5.85. The first-order valence-electron chi connectivity index (χ1n) is 5.76. The number of hydrogen-bond acceptors (Lipinski definition) is 3. The maximum Gasteiger partial charge on any atom is 0.326 e. The summed E-state index contributed by atoms with van der Waals surface area (Å²) in [4.78, 5) is 22.7. The molecule has 1 rings (SSSR count). The molecule has 5 nitrogen and oxygen atoms in total. The topological polar surface area (TPSA) is 78.4 Å². The average molecular weight is 228 g/mol. The summed E-state index contributed by atoms with van der Waals surface area (Å²) >= 11 is 0. The number of nitrogens with one attached hydrogen (secondary N) is 2. The molecular weight excluding hydrogens is 208 g/mol. The number of hydrogen-bond donors (Lipinski definition) is 3. The minimum absolute atomic E-state index is 0.0886. The van der Waals surface area contributed by atoms with E-state index in [4.69, 9.17) is 5.11 Å². The molecule has 92 valence electrons. The van der Waals surface area contributed by atoms with Crippen LogP contribution in [0.3, 0.4) is 0 Å². The van der Waals surface area contributed by atoms with E-state index >= 15 is 0 Å². The van der Waals surface area contributed by atoms with Crippen molar-refractivity contribution in [2.75, 3.05) is 13.1 Å². The Kier molecular flexibility index (Phi) is 4.73. The van der Waals surface area contributed by atoms with Crippen molar-refractivity contribution >= 4 is 11.9 Å². The lowest BCUT2D eigenvalue weighted by molar-refractivity contribution is -0.143. The predicted molar refractivity (Wildman–Crippen MR) is 60.0 cm³/mol. The van der Waals surface area contributed by atoms with Crippen LogP contribution in [0.4, 0.5) is 0 Å². The molecule has 16 heavy (non-hydrogen) atoms. The minimum atomic E-state index is -0.966. The molecule has 0 saturated carbocycles. The van der Waals surface area contributed by atoms with Crippen LogP contribution in [0, 0.1) is 11.8 Å². The molecule has 0 spiro atoms. The van der Waals surface area contributed by atoms with Gasteiger partial charge in [-0.25, -0.2) is 4.79 Å². The fraction of sp³-hybridized carbons (Fsp3) is 0.818. The highest BCUT2D eigenvalue weighted by atomic mass is 16.4. The molecular formula is C11H20N2O3. The summed E-state index contributed by atoms with van der Waals surface area (Å²) < 4.78 is 0. The van der Waals surface area contributed by atoms with E-state index in [2.05, 4.69) is 10.6 Å². The molecule has 1 amide bonds. The third kappa shape index (κ3) is 3.48. The van der Waals surface area contributed by atoms with Crippen molar-refractivity contribution in [2.24, 2.45) is 11.8 Å². The quantitative estimate of drug-likeness (QED) is 0.643. The summed E-state index contributed by atoms with van der Waals surface area (Å²) in [6, 6.07) is -0.783. The van der Waals surface area contributed by atoms with Gasteiger partial charge in [-0.05, 0) is 25.3 Å². The largest absolute Gasteiger partial charge is 0.480 e. The van der Waals surface area contributed by atoms with Gasteiger partial charge in [0.2, 0.25) is 5.91 Å². The van der Waals surface area contributed by atoms with E-state index in [1.807, 2.05) is 0 Å². The zero-order chi connectivity index (χ0) is 12.1. The summed E-state index contributed by atoms with van der Waals surface area (Å²) in [6.45, 7) is 5.17. The Morgan fingerprint density at radius 3 is 2.56 bits per heavy atom. The summed E-state index contributed by atoms with van der Waals surface area (Å²) in [5.41, 5.74) is 0. The maximum atomic E-state index is 11.8. The highest BCUT2D eigenvalue weighted by Crippen LogP contribution is 2.11. The van der Waals surface area contributed by atoms with Crippen LogP contribution in [0.2, 0.25) is 0 Å². The lowest BCUT2D eigenvalue weighted by Crippen LogP contribution is -2.49. The van der Waals surface area contributed by atoms with Crippen molar-refractivity contribution in [3.05, 3.63) is 0 Å². The number of carbonyl (C=O) groups excluding carboxylic acids is 1. The van der Waals surface area contributed by atoms with Gasteiger partial charge in [-0.3, -0.25) is 4.79 Å². The lowest BCUT2D eigenvalue weighted by atomic mass is 9.97. The van der Waals surface area contributed by atoms with Gasteiger partial charge in [0.05, 0.1) is 5.92 Å².